The van der Waals surface area contributed by atoms with Crippen molar-refractivity contribution in [2.24, 2.45) is 23.7 Å². The third kappa shape index (κ3) is 5.78. The maximum atomic E-state index is 14.6. The highest BCUT2D eigenvalue weighted by molar-refractivity contribution is 7.89. The first-order chi connectivity index (χ1) is 13.2. The molecule has 0 radical (unpaired) electrons. The summed E-state index contributed by atoms with van der Waals surface area (Å²) in [6.07, 6.45) is 4.44. The molecule has 3 fully saturated rings. The molecule has 28 heavy (non-hydrogen) atoms. The number of hydrazine groups is 2. The number of rotatable bonds is 6. The van der Waals surface area contributed by atoms with E-state index in [0.29, 0.717) is 18.8 Å². The van der Waals surface area contributed by atoms with Crippen molar-refractivity contribution in [3.8, 4) is 0 Å². The highest BCUT2D eigenvalue weighted by Gasteiger charge is 2.44. The van der Waals surface area contributed by atoms with E-state index in [0.717, 1.165) is 45.2 Å². The van der Waals surface area contributed by atoms with Crippen molar-refractivity contribution in [1.29, 1.82) is 0 Å². The third-order valence-corrected chi connectivity index (χ3v) is 8.20. The van der Waals surface area contributed by atoms with E-state index in [4.69, 9.17) is 11.6 Å². The average Bonchev–Trinajstić information content (AvgIpc) is 3.09. The van der Waals surface area contributed by atoms with E-state index in [-0.39, 0.29) is 17.6 Å². The maximum Gasteiger partial charge on any atom is 0.241 e. The van der Waals surface area contributed by atoms with Crippen molar-refractivity contribution < 1.29 is 17.6 Å². The minimum Gasteiger partial charge on any atom is -0.278 e. The highest BCUT2D eigenvalue weighted by atomic mass is 35.5. The second-order valence-corrected chi connectivity index (χ2v) is 11.0. The standard InChI is InChI=1S/C18H32ClFN4O3S/c1-24-10-14(9-21-24)13-7-15(17(20)16(19)8-13)18(25)22-23-28(26,27)11-12-5-3-2-4-6-12/h12-17,21,23H,2-11H2,1H3,(H,22,25). The fourth-order valence-corrected chi connectivity index (χ4v) is 6.55. The fraction of sp³-hybridized carbons (Fsp3) is 0.944. The molecule has 1 aliphatic heterocycles. The lowest BCUT2D eigenvalue weighted by Crippen LogP contribution is -2.51. The smallest absolute Gasteiger partial charge is 0.241 e. The van der Waals surface area contributed by atoms with Crippen LogP contribution >= 0.6 is 11.6 Å². The number of hydrogen-bond donors (Lipinski definition) is 3. The lowest BCUT2D eigenvalue weighted by Gasteiger charge is -2.36. The quantitative estimate of drug-likeness (QED) is 0.432. The number of alkyl halides is 2. The molecule has 0 spiro atoms. The van der Waals surface area contributed by atoms with Crippen molar-refractivity contribution in [3.05, 3.63) is 0 Å². The topological polar surface area (TPSA) is 90.5 Å². The molecule has 5 unspecified atom stereocenters. The third-order valence-electron chi connectivity index (χ3n) is 6.46. The molecule has 5 atom stereocenters. The van der Waals surface area contributed by atoms with Gasteiger partial charge in [-0.05, 0) is 43.4 Å². The Labute approximate surface area is 172 Å². The van der Waals surface area contributed by atoms with E-state index in [1.807, 2.05) is 12.1 Å². The van der Waals surface area contributed by atoms with Crippen LogP contribution in [0.1, 0.15) is 44.9 Å². The highest BCUT2D eigenvalue weighted by Crippen LogP contribution is 2.39. The van der Waals surface area contributed by atoms with E-state index in [9.17, 15) is 17.6 Å². The van der Waals surface area contributed by atoms with Gasteiger partial charge < -0.3 is 0 Å². The number of carbonyl (C=O) groups excluding carboxylic acids is 1. The van der Waals surface area contributed by atoms with E-state index in [2.05, 4.69) is 15.7 Å². The molecule has 0 aromatic heterocycles. The predicted molar refractivity (Wildman–Crippen MR) is 107 cm³/mol. The number of halogens is 2. The van der Waals surface area contributed by atoms with Gasteiger partial charge >= 0.3 is 0 Å². The van der Waals surface area contributed by atoms with Crippen LogP contribution in [0.2, 0.25) is 0 Å². The monoisotopic (exact) mass is 438 g/mol. The Balaban J connectivity index is 1.54. The van der Waals surface area contributed by atoms with Crippen LogP contribution in [0.3, 0.4) is 0 Å². The van der Waals surface area contributed by atoms with Gasteiger partial charge in [0.25, 0.3) is 0 Å². The summed E-state index contributed by atoms with van der Waals surface area (Å²) in [5.41, 5.74) is 5.48. The van der Waals surface area contributed by atoms with Crippen LogP contribution < -0.4 is 15.7 Å². The molecular formula is C18H32ClFN4O3S. The zero-order chi connectivity index (χ0) is 20.3. The summed E-state index contributed by atoms with van der Waals surface area (Å²) in [5.74, 6) is -1.02. The van der Waals surface area contributed by atoms with Gasteiger partial charge in [-0.2, -0.15) is 0 Å². The van der Waals surface area contributed by atoms with Crippen molar-refractivity contribution in [1.82, 2.24) is 20.7 Å². The van der Waals surface area contributed by atoms with E-state index >= 15 is 0 Å². The SMILES string of the molecule is CN1CC(C2CC(Cl)C(F)C(C(=O)NNS(=O)(=O)CC3CCCCC3)C2)CN1. The van der Waals surface area contributed by atoms with Gasteiger partial charge in [-0.3, -0.25) is 15.6 Å². The molecule has 0 aromatic rings. The first-order valence-corrected chi connectivity index (χ1v) is 12.4. The van der Waals surface area contributed by atoms with E-state index < -0.39 is 33.4 Å². The number of carbonyl (C=O) groups is 1. The van der Waals surface area contributed by atoms with Crippen LogP contribution in [0.15, 0.2) is 0 Å². The molecule has 2 saturated carbocycles. The number of nitrogens with zero attached hydrogens (tertiary/aromatic N) is 1. The van der Waals surface area contributed by atoms with Crippen LogP contribution in [0.5, 0.6) is 0 Å². The van der Waals surface area contributed by atoms with Crippen LogP contribution in [0.25, 0.3) is 0 Å². The lowest BCUT2D eigenvalue weighted by atomic mass is 9.74. The Morgan fingerprint density at radius 3 is 2.57 bits per heavy atom. The summed E-state index contributed by atoms with van der Waals surface area (Å²) in [6, 6.07) is 0. The number of nitrogens with one attached hydrogen (secondary N) is 3. The molecule has 0 aromatic carbocycles. The normalized spacial score (nSPS) is 35.8. The largest absolute Gasteiger partial charge is 0.278 e. The predicted octanol–water partition coefficient (Wildman–Crippen LogP) is 1.56. The van der Waals surface area contributed by atoms with Gasteiger partial charge in [0.1, 0.15) is 6.17 Å². The van der Waals surface area contributed by atoms with Crippen LogP contribution in [-0.4, -0.2) is 56.8 Å². The first kappa shape index (κ1) is 22.2. The van der Waals surface area contributed by atoms with Crippen LogP contribution in [-0.2, 0) is 14.8 Å². The second-order valence-electron chi connectivity index (χ2n) is 8.68. The van der Waals surface area contributed by atoms with Gasteiger partial charge in [0.2, 0.25) is 15.9 Å². The molecule has 162 valence electrons. The van der Waals surface area contributed by atoms with Gasteiger partial charge in [-0.1, -0.05) is 19.3 Å². The Morgan fingerprint density at radius 1 is 1.21 bits per heavy atom. The molecule has 1 amide bonds. The summed E-state index contributed by atoms with van der Waals surface area (Å²) in [5, 5.41) is 1.25. The van der Waals surface area contributed by atoms with Crippen molar-refractivity contribution in [3.63, 3.8) is 0 Å². The van der Waals surface area contributed by atoms with Crippen LogP contribution in [0.4, 0.5) is 4.39 Å². The summed E-state index contributed by atoms with van der Waals surface area (Å²) in [4.78, 5) is 14.7. The summed E-state index contributed by atoms with van der Waals surface area (Å²) < 4.78 is 39.2. The zero-order valence-corrected chi connectivity index (χ0v) is 17.9. The van der Waals surface area contributed by atoms with Gasteiger partial charge in [-0.25, -0.2) is 17.8 Å². The Kier molecular flexibility index (Phi) is 7.58. The molecule has 10 heteroatoms. The summed E-state index contributed by atoms with van der Waals surface area (Å²) in [6.45, 7) is 1.61. The minimum absolute atomic E-state index is 0.00215. The van der Waals surface area contributed by atoms with Crippen molar-refractivity contribution in [2.75, 3.05) is 25.9 Å². The van der Waals surface area contributed by atoms with Crippen LogP contribution in [0, 0.1) is 23.7 Å². The van der Waals surface area contributed by atoms with Crippen molar-refractivity contribution in [2.45, 2.75) is 56.5 Å². The molecule has 3 N–H and O–H groups in total. The number of hydrogen-bond acceptors (Lipinski definition) is 5. The van der Waals surface area contributed by atoms with Gasteiger partial charge in [0.15, 0.2) is 0 Å². The Morgan fingerprint density at radius 2 is 1.93 bits per heavy atom. The van der Waals surface area contributed by atoms with Gasteiger partial charge in [-0.15, -0.1) is 16.4 Å². The molecule has 1 saturated heterocycles. The van der Waals surface area contributed by atoms with E-state index in [1.54, 1.807) is 0 Å². The van der Waals surface area contributed by atoms with Gasteiger partial charge in [0.05, 0.1) is 17.0 Å². The number of sulfonamides is 1. The molecule has 7 nitrogen and oxygen atoms in total. The molecule has 0 bridgehead atoms. The Bertz CT molecular complexity index is 647. The molecule has 3 rings (SSSR count). The Hall–Kier alpha value is -0.480. The fourth-order valence-electron chi connectivity index (χ4n) is 4.86. The summed E-state index contributed by atoms with van der Waals surface area (Å²) in [7, 11) is -1.69. The summed E-state index contributed by atoms with van der Waals surface area (Å²) >= 11 is 6.21. The lowest BCUT2D eigenvalue weighted by molar-refractivity contribution is -0.129. The number of amides is 1. The van der Waals surface area contributed by atoms with E-state index in [1.165, 1.54) is 0 Å². The molecule has 3 aliphatic rings. The molecular weight excluding hydrogens is 407 g/mol. The van der Waals surface area contributed by atoms with Crippen molar-refractivity contribution >= 4 is 27.5 Å². The zero-order valence-electron chi connectivity index (χ0n) is 16.4. The average molecular weight is 439 g/mol. The first-order valence-electron chi connectivity index (χ1n) is 10.3. The van der Waals surface area contributed by atoms with Gasteiger partial charge in [0, 0.05) is 20.1 Å². The minimum atomic E-state index is -3.64. The molecule has 1 heterocycles. The molecule has 2 aliphatic carbocycles. The second kappa shape index (κ2) is 9.55. The maximum absolute atomic E-state index is 14.6.